The maximum atomic E-state index is 12.3. The molecule has 0 aromatic carbocycles. The molecule has 19 heavy (non-hydrogen) atoms. The topological polar surface area (TPSA) is 76.0 Å². The molecule has 1 aliphatic heterocycles. The molecule has 2 rings (SSSR count). The average molecular weight is 309 g/mol. The zero-order valence-electron chi connectivity index (χ0n) is 11.4. The fourth-order valence-corrected chi connectivity index (χ4v) is 3.76. The van der Waals surface area contributed by atoms with Gasteiger partial charge in [-0.25, -0.2) is 13.1 Å². The summed E-state index contributed by atoms with van der Waals surface area (Å²) >= 11 is 0. The largest absolute Gasteiger partial charge is 0.313 e. The molecule has 8 heteroatoms. The van der Waals surface area contributed by atoms with Gasteiger partial charge in [0.15, 0.2) is 0 Å². The average Bonchev–Trinajstić information content (AvgIpc) is 2.63. The summed E-state index contributed by atoms with van der Waals surface area (Å²) in [6.45, 7) is 4.71. The number of nitrogens with one attached hydrogen (secondary N) is 2. The first-order valence-corrected chi connectivity index (χ1v) is 7.64. The summed E-state index contributed by atoms with van der Waals surface area (Å²) in [5.41, 5.74) is 0.652. The van der Waals surface area contributed by atoms with Gasteiger partial charge >= 0.3 is 0 Å². The zero-order chi connectivity index (χ0) is 13.3. The second kappa shape index (κ2) is 6.21. The monoisotopic (exact) mass is 308 g/mol. The number of rotatable bonds is 3. The Hall–Kier alpha value is -0.630. The van der Waals surface area contributed by atoms with Crippen molar-refractivity contribution in [2.75, 3.05) is 6.54 Å². The number of hydrogen-bond acceptors (Lipinski definition) is 4. The van der Waals surface area contributed by atoms with Crippen LogP contribution in [0.1, 0.15) is 25.5 Å². The van der Waals surface area contributed by atoms with Crippen molar-refractivity contribution in [1.82, 2.24) is 19.8 Å². The lowest BCUT2D eigenvalue weighted by Crippen LogP contribution is -2.51. The number of aryl methyl sites for hydroxylation is 1. The van der Waals surface area contributed by atoms with Crippen molar-refractivity contribution in [3.63, 3.8) is 0 Å². The van der Waals surface area contributed by atoms with Gasteiger partial charge in [-0.1, -0.05) is 0 Å². The minimum Gasteiger partial charge on any atom is -0.313 e. The molecular weight excluding hydrogens is 288 g/mol. The highest BCUT2D eigenvalue weighted by atomic mass is 35.5. The first-order chi connectivity index (χ1) is 8.42. The molecule has 0 aliphatic carbocycles. The van der Waals surface area contributed by atoms with Gasteiger partial charge < -0.3 is 5.32 Å². The van der Waals surface area contributed by atoms with Gasteiger partial charge in [-0.15, -0.1) is 12.4 Å². The Balaban J connectivity index is 0.00000180. The quantitative estimate of drug-likeness (QED) is 0.856. The van der Waals surface area contributed by atoms with Gasteiger partial charge in [-0.3, -0.25) is 4.68 Å². The smallest absolute Gasteiger partial charge is 0.244 e. The highest BCUT2D eigenvalue weighted by Crippen LogP contribution is 2.16. The van der Waals surface area contributed by atoms with Gasteiger partial charge in [-0.05, 0) is 33.2 Å². The van der Waals surface area contributed by atoms with E-state index in [9.17, 15) is 8.42 Å². The van der Waals surface area contributed by atoms with E-state index in [0.29, 0.717) is 5.69 Å². The maximum Gasteiger partial charge on any atom is 0.244 e. The van der Waals surface area contributed by atoms with Crippen LogP contribution in [0.25, 0.3) is 0 Å². The van der Waals surface area contributed by atoms with E-state index < -0.39 is 10.0 Å². The summed E-state index contributed by atoms with van der Waals surface area (Å²) in [5.74, 6) is 0. The highest BCUT2D eigenvalue weighted by Gasteiger charge is 2.28. The van der Waals surface area contributed by atoms with Crippen LogP contribution in [0.4, 0.5) is 0 Å². The van der Waals surface area contributed by atoms with Crippen LogP contribution in [0.3, 0.4) is 0 Å². The van der Waals surface area contributed by atoms with Crippen LogP contribution in [0, 0.1) is 6.92 Å². The number of halogens is 1. The molecule has 0 radical (unpaired) electrons. The van der Waals surface area contributed by atoms with Crippen LogP contribution in [0.15, 0.2) is 11.1 Å². The third-order valence-corrected chi connectivity index (χ3v) is 5.14. The molecular formula is C11H21ClN4O2S. The van der Waals surface area contributed by atoms with E-state index in [1.165, 1.54) is 6.20 Å². The molecule has 6 nitrogen and oxygen atoms in total. The number of hydrogen-bond donors (Lipinski definition) is 2. The second-order valence-electron chi connectivity index (χ2n) is 4.83. The van der Waals surface area contributed by atoms with E-state index >= 15 is 0 Å². The fourth-order valence-electron chi connectivity index (χ4n) is 2.21. The summed E-state index contributed by atoms with van der Waals surface area (Å²) in [7, 11) is -1.74. The lowest BCUT2D eigenvalue weighted by Gasteiger charge is -2.30. The van der Waals surface area contributed by atoms with Crippen molar-refractivity contribution in [3.05, 3.63) is 11.9 Å². The molecule has 1 aliphatic rings. The van der Waals surface area contributed by atoms with Crippen LogP contribution in [-0.4, -0.2) is 36.8 Å². The molecule has 2 atom stereocenters. The van der Waals surface area contributed by atoms with E-state index in [1.54, 1.807) is 18.7 Å². The Morgan fingerprint density at radius 1 is 1.53 bits per heavy atom. The summed E-state index contributed by atoms with van der Waals surface area (Å²) in [6.07, 6.45) is 3.26. The van der Waals surface area contributed by atoms with Crippen molar-refractivity contribution in [1.29, 1.82) is 0 Å². The van der Waals surface area contributed by atoms with E-state index in [2.05, 4.69) is 15.1 Å². The summed E-state index contributed by atoms with van der Waals surface area (Å²) in [4.78, 5) is 0.266. The van der Waals surface area contributed by atoms with Crippen LogP contribution in [0.5, 0.6) is 0 Å². The van der Waals surface area contributed by atoms with Crippen LogP contribution < -0.4 is 10.0 Å². The lowest BCUT2D eigenvalue weighted by molar-refractivity contribution is 0.348. The lowest BCUT2D eigenvalue weighted by atomic mass is 10.0. The van der Waals surface area contributed by atoms with E-state index in [0.717, 1.165) is 19.4 Å². The molecule has 0 saturated carbocycles. The molecule has 110 valence electrons. The summed E-state index contributed by atoms with van der Waals surface area (Å²) in [5, 5.41) is 7.25. The predicted octanol–water partition coefficient (Wildman–Crippen LogP) is 0.569. The number of aromatic nitrogens is 2. The molecule has 0 spiro atoms. The Morgan fingerprint density at radius 2 is 2.21 bits per heavy atom. The van der Waals surface area contributed by atoms with Gasteiger partial charge in [0, 0.05) is 19.1 Å². The Bertz CT molecular complexity index is 529. The minimum atomic E-state index is -3.48. The molecule has 0 amide bonds. The molecule has 1 aromatic heterocycles. The number of nitrogens with zero attached hydrogens (tertiary/aromatic N) is 2. The molecule has 2 N–H and O–H groups in total. The van der Waals surface area contributed by atoms with Gasteiger partial charge in [0.25, 0.3) is 0 Å². The highest BCUT2D eigenvalue weighted by molar-refractivity contribution is 7.89. The summed E-state index contributed by atoms with van der Waals surface area (Å²) < 4.78 is 28.9. The Labute approximate surface area is 120 Å². The molecule has 0 bridgehead atoms. The van der Waals surface area contributed by atoms with E-state index in [1.807, 2.05) is 6.92 Å². The SMILES string of the molecule is Cc1c(S(=O)(=O)NC2CCCNC2C)cnn1C.Cl. The maximum absolute atomic E-state index is 12.3. The van der Waals surface area contributed by atoms with Gasteiger partial charge in [0.05, 0.1) is 11.9 Å². The fraction of sp³-hybridized carbons (Fsp3) is 0.727. The first kappa shape index (κ1) is 16.4. The Morgan fingerprint density at radius 3 is 2.74 bits per heavy atom. The summed E-state index contributed by atoms with van der Waals surface area (Å²) in [6, 6.07) is 0.105. The van der Waals surface area contributed by atoms with E-state index in [-0.39, 0.29) is 29.4 Å². The Kier molecular flexibility index (Phi) is 5.37. The number of piperidine rings is 1. The normalized spacial score (nSPS) is 23.9. The molecule has 2 heterocycles. The third kappa shape index (κ3) is 3.47. The molecule has 1 aromatic rings. The van der Waals surface area contributed by atoms with Crippen LogP contribution >= 0.6 is 12.4 Å². The third-order valence-electron chi connectivity index (χ3n) is 3.55. The van der Waals surface area contributed by atoms with Gasteiger partial charge in [0.1, 0.15) is 4.90 Å². The second-order valence-corrected chi connectivity index (χ2v) is 6.51. The minimum absolute atomic E-state index is 0. The van der Waals surface area contributed by atoms with Crippen LogP contribution in [0.2, 0.25) is 0 Å². The predicted molar refractivity (Wildman–Crippen MR) is 76.0 cm³/mol. The van der Waals surface area contributed by atoms with Crippen molar-refractivity contribution in [2.45, 2.75) is 43.7 Å². The van der Waals surface area contributed by atoms with Crippen molar-refractivity contribution in [3.8, 4) is 0 Å². The van der Waals surface area contributed by atoms with Crippen molar-refractivity contribution in [2.24, 2.45) is 7.05 Å². The molecule has 1 saturated heterocycles. The molecule has 1 fully saturated rings. The standard InChI is InChI=1S/C11H20N4O2S.ClH/c1-8-10(5-4-6-12-8)14-18(16,17)11-7-13-15(3)9(11)2;/h7-8,10,12,14H,4-6H2,1-3H3;1H. The van der Waals surface area contributed by atoms with E-state index in [4.69, 9.17) is 0 Å². The van der Waals surface area contributed by atoms with Crippen molar-refractivity contribution >= 4 is 22.4 Å². The van der Waals surface area contributed by atoms with Crippen LogP contribution in [-0.2, 0) is 17.1 Å². The first-order valence-electron chi connectivity index (χ1n) is 6.16. The number of sulfonamides is 1. The molecule has 2 unspecified atom stereocenters. The van der Waals surface area contributed by atoms with Crippen molar-refractivity contribution < 1.29 is 8.42 Å². The van der Waals surface area contributed by atoms with Gasteiger partial charge in [-0.2, -0.15) is 5.10 Å². The van der Waals surface area contributed by atoms with Gasteiger partial charge in [0.2, 0.25) is 10.0 Å². The zero-order valence-corrected chi connectivity index (χ0v) is 13.0.